The van der Waals surface area contributed by atoms with Gasteiger partial charge in [0.05, 0.1) is 15.5 Å². The summed E-state index contributed by atoms with van der Waals surface area (Å²) in [6.45, 7) is 1.32. The van der Waals surface area contributed by atoms with Crippen molar-refractivity contribution in [3.05, 3.63) is 58.6 Å². The van der Waals surface area contributed by atoms with Gasteiger partial charge in [-0.1, -0.05) is 23.7 Å². The minimum absolute atomic E-state index is 0.0171. The zero-order valence-electron chi connectivity index (χ0n) is 13.2. The minimum atomic E-state index is -4.00. The number of sulfonamides is 1. The number of halogens is 1. The van der Waals surface area contributed by atoms with Crippen LogP contribution in [0.4, 0.5) is 5.69 Å². The summed E-state index contributed by atoms with van der Waals surface area (Å²) in [6.07, 6.45) is 0. The SMILES string of the molecule is Cc1cccc(NC(=O)COC(=O)c2cc(S(N)(=O)=O)ccc2Cl)c1. The highest BCUT2D eigenvalue weighted by molar-refractivity contribution is 7.89. The Morgan fingerprint density at radius 1 is 1.20 bits per heavy atom. The number of rotatable bonds is 5. The number of anilines is 1. The molecule has 0 saturated carbocycles. The number of carbonyl (C=O) groups excluding carboxylic acids is 2. The molecule has 3 N–H and O–H groups in total. The average molecular weight is 383 g/mol. The molecule has 0 fully saturated rings. The number of amides is 1. The Hall–Kier alpha value is -2.42. The van der Waals surface area contributed by atoms with Crippen molar-refractivity contribution in [3.63, 3.8) is 0 Å². The van der Waals surface area contributed by atoms with E-state index in [4.69, 9.17) is 21.5 Å². The summed E-state index contributed by atoms with van der Waals surface area (Å²) in [4.78, 5) is 23.6. The van der Waals surface area contributed by atoms with E-state index in [9.17, 15) is 18.0 Å². The average Bonchev–Trinajstić information content (AvgIpc) is 2.52. The third-order valence-corrected chi connectivity index (χ3v) is 4.36. The Balaban J connectivity index is 2.04. The van der Waals surface area contributed by atoms with Crippen molar-refractivity contribution in [2.45, 2.75) is 11.8 Å². The molecule has 9 heteroatoms. The number of hydrogen-bond acceptors (Lipinski definition) is 5. The Morgan fingerprint density at radius 2 is 1.92 bits per heavy atom. The van der Waals surface area contributed by atoms with Gasteiger partial charge < -0.3 is 10.1 Å². The predicted octanol–water partition coefficient (Wildman–Crippen LogP) is 2.09. The van der Waals surface area contributed by atoms with Crippen molar-refractivity contribution < 1.29 is 22.7 Å². The van der Waals surface area contributed by atoms with Crippen molar-refractivity contribution in [1.29, 1.82) is 0 Å². The third kappa shape index (κ3) is 5.28. The summed E-state index contributed by atoms with van der Waals surface area (Å²) >= 11 is 5.87. The van der Waals surface area contributed by atoms with Gasteiger partial charge in [0.15, 0.2) is 6.61 Å². The van der Waals surface area contributed by atoms with Gasteiger partial charge in [0, 0.05) is 5.69 Å². The standard InChI is InChI=1S/C16H15ClN2O5S/c1-10-3-2-4-11(7-10)19-15(20)9-24-16(21)13-8-12(25(18,22)23)5-6-14(13)17/h2-8H,9H2,1H3,(H,19,20)(H2,18,22,23). The van der Waals surface area contributed by atoms with Crippen LogP contribution < -0.4 is 10.5 Å². The van der Waals surface area contributed by atoms with Gasteiger partial charge >= 0.3 is 5.97 Å². The van der Waals surface area contributed by atoms with Crippen LogP contribution in [0.25, 0.3) is 0 Å². The van der Waals surface area contributed by atoms with Crippen LogP contribution in [-0.4, -0.2) is 26.9 Å². The third-order valence-electron chi connectivity index (χ3n) is 3.12. The molecule has 0 atom stereocenters. The van der Waals surface area contributed by atoms with Crippen LogP contribution in [0.1, 0.15) is 15.9 Å². The summed E-state index contributed by atoms with van der Waals surface area (Å²) in [5, 5.41) is 7.57. The van der Waals surface area contributed by atoms with E-state index in [-0.39, 0.29) is 15.5 Å². The first-order valence-electron chi connectivity index (χ1n) is 7.03. The highest BCUT2D eigenvalue weighted by Gasteiger charge is 2.18. The maximum atomic E-state index is 12.0. The Labute approximate surface area is 149 Å². The number of benzene rings is 2. The molecule has 0 aliphatic carbocycles. The second kappa shape index (κ2) is 7.64. The van der Waals surface area contributed by atoms with Crippen LogP contribution in [0.5, 0.6) is 0 Å². The maximum Gasteiger partial charge on any atom is 0.340 e. The fourth-order valence-electron chi connectivity index (χ4n) is 1.97. The molecular formula is C16H15ClN2O5S. The van der Waals surface area contributed by atoms with Gasteiger partial charge in [0.2, 0.25) is 10.0 Å². The summed E-state index contributed by atoms with van der Waals surface area (Å²) in [5.41, 5.74) is 1.33. The lowest BCUT2D eigenvalue weighted by molar-refractivity contribution is -0.119. The molecule has 0 radical (unpaired) electrons. The number of esters is 1. The second-order valence-electron chi connectivity index (χ2n) is 5.18. The highest BCUT2D eigenvalue weighted by atomic mass is 35.5. The lowest BCUT2D eigenvalue weighted by Crippen LogP contribution is -2.21. The number of ether oxygens (including phenoxy) is 1. The number of nitrogens with two attached hydrogens (primary N) is 1. The molecule has 2 aromatic rings. The molecule has 0 unspecified atom stereocenters. The zero-order valence-corrected chi connectivity index (χ0v) is 14.7. The molecule has 0 aliphatic heterocycles. The topological polar surface area (TPSA) is 116 Å². The van der Waals surface area contributed by atoms with Crippen LogP contribution in [0, 0.1) is 6.92 Å². The molecule has 25 heavy (non-hydrogen) atoms. The van der Waals surface area contributed by atoms with Gasteiger partial charge in [0.25, 0.3) is 5.91 Å². The minimum Gasteiger partial charge on any atom is -0.452 e. The number of aryl methyl sites for hydroxylation is 1. The van der Waals surface area contributed by atoms with E-state index in [0.29, 0.717) is 5.69 Å². The molecule has 1 amide bonds. The van der Waals surface area contributed by atoms with E-state index >= 15 is 0 Å². The Bertz CT molecular complexity index is 928. The van der Waals surface area contributed by atoms with E-state index in [0.717, 1.165) is 11.6 Å². The van der Waals surface area contributed by atoms with Crippen LogP contribution in [0.2, 0.25) is 5.02 Å². The molecule has 7 nitrogen and oxygen atoms in total. The van der Waals surface area contributed by atoms with Crippen LogP contribution in [0.3, 0.4) is 0 Å². The smallest absolute Gasteiger partial charge is 0.340 e. The van der Waals surface area contributed by atoms with Crippen molar-refractivity contribution in [2.24, 2.45) is 5.14 Å². The quantitative estimate of drug-likeness (QED) is 0.768. The van der Waals surface area contributed by atoms with Gasteiger partial charge in [-0.15, -0.1) is 0 Å². The first kappa shape index (κ1) is 18.9. The fourth-order valence-corrected chi connectivity index (χ4v) is 2.70. The Morgan fingerprint density at radius 3 is 2.56 bits per heavy atom. The molecule has 0 bridgehead atoms. The van der Waals surface area contributed by atoms with E-state index in [1.807, 2.05) is 13.0 Å². The van der Waals surface area contributed by atoms with E-state index < -0.39 is 28.5 Å². The largest absolute Gasteiger partial charge is 0.452 e. The van der Waals surface area contributed by atoms with Gasteiger partial charge in [-0.3, -0.25) is 4.79 Å². The van der Waals surface area contributed by atoms with Crippen LogP contribution >= 0.6 is 11.6 Å². The monoisotopic (exact) mass is 382 g/mol. The molecular weight excluding hydrogens is 368 g/mol. The summed E-state index contributed by atoms with van der Waals surface area (Å²) in [6, 6.07) is 10.5. The number of primary sulfonamides is 1. The maximum absolute atomic E-state index is 12.0. The second-order valence-corrected chi connectivity index (χ2v) is 7.15. The molecule has 0 aliphatic rings. The highest BCUT2D eigenvalue weighted by Crippen LogP contribution is 2.20. The van der Waals surface area contributed by atoms with E-state index in [1.54, 1.807) is 18.2 Å². The van der Waals surface area contributed by atoms with Crippen molar-refractivity contribution in [3.8, 4) is 0 Å². The van der Waals surface area contributed by atoms with Gasteiger partial charge in [-0.2, -0.15) is 0 Å². The van der Waals surface area contributed by atoms with Crippen LogP contribution in [-0.2, 0) is 19.6 Å². The number of hydrogen-bond donors (Lipinski definition) is 2. The van der Waals surface area contributed by atoms with E-state index in [2.05, 4.69) is 5.32 Å². The molecule has 0 aromatic heterocycles. The molecule has 2 aromatic carbocycles. The van der Waals surface area contributed by atoms with Crippen molar-refractivity contribution >= 4 is 39.2 Å². The summed E-state index contributed by atoms with van der Waals surface area (Å²) in [5.74, 6) is -1.48. The summed E-state index contributed by atoms with van der Waals surface area (Å²) < 4.78 is 27.5. The van der Waals surface area contributed by atoms with Gasteiger partial charge in [-0.05, 0) is 42.8 Å². The fraction of sp³-hybridized carbons (Fsp3) is 0.125. The van der Waals surface area contributed by atoms with Crippen molar-refractivity contribution in [1.82, 2.24) is 0 Å². The summed E-state index contributed by atoms with van der Waals surface area (Å²) in [7, 11) is -4.00. The van der Waals surface area contributed by atoms with Gasteiger partial charge in [-0.25, -0.2) is 18.4 Å². The lowest BCUT2D eigenvalue weighted by atomic mass is 10.2. The molecule has 0 heterocycles. The number of nitrogens with one attached hydrogen (secondary N) is 1. The molecule has 132 valence electrons. The molecule has 0 saturated heterocycles. The van der Waals surface area contributed by atoms with Gasteiger partial charge in [0.1, 0.15) is 0 Å². The first-order chi connectivity index (χ1) is 11.7. The normalized spacial score (nSPS) is 11.0. The zero-order chi connectivity index (χ0) is 18.6. The predicted molar refractivity (Wildman–Crippen MR) is 92.9 cm³/mol. The van der Waals surface area contributed by atoms with Crippen LogP contribution in [0.15, 0.2) is 47.4 Å². The molecule has 0 spiro atoms. The molecule has 2 rings (SSSR count). The number of carbonyl (C=O) groups is 2. The Kier molecular flexibility index (Phi) is 5.78. The first-order valence-corrected chi connectivity index (χ1v) is 8.95. The van der Waals surface area contributed by atoms with E-state index in [1.165, 1.54) is 12.1 Å². The lowest BCUT2D eigenvalue weighted by Gasteiger charge is -2.09. The van der Waals surface area contributed by atoms with Crippen molar-refractivity contribution in [2.75, 3.05) is 11.9 Å².